The summed E-state index contributed by atoms with van der Waals surface area (Å²) in [5, 5.41) is 0. The number of rotatable bonds is 10. The van der Waals surface area contributed by atoms with Crippen LogP contribution in [0.5, 0.6) is 0 Å². The van der Waals surface area contributed by atoms with Gasteiger partial charge in [0.2, 0.25) is 8.32 Å². The molecule has 0 rings (SSSR count). The highest BCUT2D eigenvalue weighted by Crippen LogP contribution is 2.28. The summed E-state index contributed by atoms with van der Waals surface area (Å²) < 4.78 is 12.5. The number of nitrogens with zero attached hydrogens (tertiary/aromatic N) is 1. The van der Waals surface area contributed by atoms with Crippen LogP contribution in [-0.2, 0) is 9.16 Å². The molecular weight excluding hydrogens is 342 g/mol. The van der Waals surface area contributed by atoms with Gasteiger partial charge in [-0.2, -0.15) is 0 Å². The van der Waals surface area contributed by atoms with Crippen LogP contribution >= 0.6 is 0 Å². The van der Waals surface area contributed by atoms with Crippen LogP contribution in [0, 0.1) is 5.92 Å². The second-order valence-electron chi connectivity index (χ2n) is 9.11. The summed E-state index contributed by atoms with van der Waals surface area (Å²) in [4.78, 5) is 14.7. The molecule has 0 spiro atoms. The summed E-state index contributed by atoms with van der Waals surface area (Å²) in [6.45, 7) is 23.1. The summed E-state index contributed by atoms with van der Waals surface area (Å²) in [6, 6.07) is 0.198. The Kier molecular flexibility index (Phi) is 10.6. The lowest BCUT2D eigenvalue weighted by atomic mass is 10.00. The van der Waals surface area contributed by atoms with E-state index in [2.05, 4.69) is 47.3 Å². The molecule has 0 aliphatic carbocycles. The van der Waals surface area contributed by atoms with Crippen molar-refractivity contribution in [3.63, 3.8) is 0 Å². The molecular formula is C21H43NO3Si. The Morgan fingerprint density at radius 3 is 1.85 bits per heavy atom. The molecule has 0 N–H and O–H groups in total. The van der Waals surface area contributed by atoms with Gasteiger partial charge in [-0.3, -0.25) is 0 Å². The first kappa shape index (κ1) is 25.0. The number of hydrogen-bond donors (Lipinski definition) is 0. The fraction of sp³-hybridized carbons (Fsp3) is 0.857. The monoisotopic (exact) mass is 385 g/mol. The molecule has 5 heteroatoms. The number of ether oxygens (including phenoxy) is 1. The third kappa shape index (κ3) is 8.61. The zero-order valence-corrected chi connectivity index (χ0v) is 20.1. The van der Waals surface area contributed by atoms with Crippen molar-refractivity contribution < 1.29 is 14.0 Å². The van der Waals surface area contributed by atoms with Crippen LogP contribution in [-0.4, -0.2) is 37.5 Å². The minimum Gasteiger partial charge on any atom is -0.545 e. The highest BCUT2D eigenvalue weighted by Gasteiger charge is 2.32. The second kappa shape index (κ2) is 11.0. The largest absolute Gasteiger partial charge is 0.545 e. The van der Waals surface area contributed by atoms with Crippen LogP contribution in [0.4, 0.5) is 4.79 Å². The fourth-order valence-corrected chi connectivity index (χ4v) is 3.91. The smallest absolute Gasteiger partial charge is 0.410 e. The van der Waals surface area contributed by atoms with E-state index in [1.165, 1.54) is 5.57 Å². The quantitative estimate of drug-likeness (QED) is 0.315. The maximum Gasteiger partial charge on any atom is 0.410 e. The van der Waals surface area contributed by atoms with E-state index in [0.29, 0.717) is 0 Å². The number of amides is 1. The number of carbonyl (C=O) groups excluding carboxylic acids is 1. The van der Waals surface area contributed by atoms with Crippen LogP contribution < -0.4 is 0 Å². The highest BCUT2D eigenvalue weighted by atomic mass is 28.4. The standard InChI is InChI=1S/C21H43NO3Si/c1-12-13-14-18(8)20(25-26(9,10)11)19(15(2)3)24-21(23)22(16(4)5)17(6)7/h15-17,19H,12-14H2,1-11H3/b20-18+. The van der Waals surface area contributed by atoms with Gasteiger partial charge in [-0.15, -0.1) is 0 Å². The van der Waals surface area contributed by atoms with Crippen molar-refractivity contribution in [3.05, 3.63) is 11.3 Å². The Balaban J connectivity index is 5.76. The lowest BCUT2D eigenvalue weighted by Crippen LogP contribution is -2.45. The molecule has 0 aliphatic rings. The molecule has 0 fully saturated rings. The van der Waals surface area contributed by atoms with Gasteiger partial charge in [0.25, 0.3) is 0 Å². The van der Waals surface area contributed by atoms with E-state index in [9.17, 15) is 4.79 Å². The number of unbranched alkanes of at least 4 members (excludes halogenated alkanes) is 1. The topological polar surface area (TPSA) is 38.8 Å². The van der Waals surface area contributed by atoms with Gasteiger partial charge in [0.1, 0.15) is 5.76 Å². The average molecular weight is 386 g/mol. The van der Waals surface area contributed by atoms with Gasteiger partial charge < -0.3 is 14.1 Å². The van der Waals surface area contributed by atoms with Gasteiger partial charge in [0.05, 0.1) is 0 Å². The van der Waals surface area contributed by atoms with Crippen molar-refractivity contribution in [1.29, 1.82) is 0 Å². The normalized spacial score (nSPS) is 14.5. The van der Waals surface area contributed by atoms with Crippen molar-refractivity contribution in [2.75, 3.05) is 0 Å². The van der Waals surface area contributed by atoms with E-state index < -0.39 is 8.32 Å². The fourth-order valence-electron chi connectivity index (χ4n) is 2.96. The van der Waals surface area contributed by atoms with Crippen LogP contribution in [0.2, 0.25) is 19.6 Å². The SMILES string of the molecule is CCCC/C(C)=C(/O[Si](C)(C)C)C(OC(=O)N(C(C)C)C(C)C)C(C)C. The molecule has 0 saturated heterocycles. The molecule has 1 unspecified atom stereocenters. The van der Waals surface area contributed by atoms with Crippen molar-refractivity contribution in [2.45, 2.75) is 112 Å². The molecule has 0 bridgehead atoms. The molecule has 26 heavy (non-hydrogen) atoms. The predicted molar refractivity (Wildman–Crippen MR) is 114 cm³/mol. The van der Waals surface area contributed by atoms with Gasteiger partial charge in [-0.1, -0.05) is 27.2 Å². The number of hydrogen-bond acceptors (Lipinski definition) is 3. The molecule has 0 aromatic heterocycles. The van der Waals surface area contributed by atoms with Gasteiger partial charge in [-0.25, -0.2) is 4.79 Å². The minimum absolute atomic E-state index is 0.0989. The summed E-state index contributed by atoms with van der Waals surface area (Å²) in [5.74, 6) is 1.04. The van der Waals surface area contributed by atoms with Crippen molar-refractivity contribution in [3.8, 4) is 0 Å². The molecule has 1 amide bonds. The lowest BCUT2D eigenvalue weighted by molar-refractivity contribution is 0.0267. The highest BCUT2D eigenvalue weighted by molar-refractivity contribution is 6.70. The van der Waals surface area contributed by atoms with E-state index in [0.717, 1.165) is 25.0 Å². The first-order valence-corrected chi connectivity index (χ1v) is 13.6. The molecule has 0 radical (unpaired) electrons. The maximum absolute atomic E-state index is 12.9. The zero-order chi connectivity index (χ0) is 20.7. The Labute approximate surface area is 163 Å². The zero-order valence-electron chi connectivity index (χ0n) is 19.1. The van der Waals surface area contributed by atoms with Crippen molar-refractivity contribution in [2.24, 2.45) is 5.92 Å². The molecule has 1 atom stereocenters. The van der Waals surface area contributed by atoms with E-state index in [1.807, 2.05) is 27.7 Å². The van der Waals surface area contributed by atoms with Gasteiger partial charge in [0, 0.05) is 12.1 Å². The van der Waals surface area contributed by atoms with Gasteiger partial charge in [0.15, 0.2) is 6.10 Å². The predicted octanol–water partition coefficient (Wildman–Crippen LogP) is 6.58. The van der Waals surface area contributed by atoms with E-state index >= 15 is 0 Å². The number of allylic oxidation sites excluding steroid dienone is 1. The summed E-state index contributed by atoms with van der Waals surface area (Å²) in [5.41, 5.74) is 1.21. The van der Waals surface area contributed by atoms with Crippen LogP contribution in [0.3, 0.4) is 0 Å². The third-order valence-corrected chi connectivity index (χ3v) is 4.99. The van der Waals surface area contributed by atoms with Crippen LogP contribution in [0.15, 0.2) is 11.3 Å². The molecule has 0 aliphatic heterocycles. The van der Waals surface area contributed by atoms with Gasteiger partial charge in [-0.05, 0) is 78.6 Å². The average Bonchev–Trinajstić information content (AvgIpc) is 2.46. The molecule has 0 heterocycles. The van der Waals surface area contributed by atoms with E-state index in [1.54, 1.807) is 4.90 Å². The van der Waals surface area contributed by atoms with Crippen molar-refractivity contribution in [1.82, 2.24) is 4.90 Å². The van der Waals surface area contributed by atoms with Gasteiger partial charge >= 0.3 is 6.09 Å². The maximum atomic E-state index is 12.9. The van der Waals surface area contributed by atoms with E-state index in [-0.39, 0.29) is 30.2 Å². The van der Waals surface area contributed by atoms with Crippen LogP contribution in [0.1, 0.15) is 74.7 Å². The van der Waals surface area contributed by atoms with E-state index in [4.69, 9.17) is 9.16 Å². The van der Waals surface area contributed by atoms with Crippen LogP contribution in [0.25, 0.3) is 0 Å². The first-order valence-electron chi connectivity index (χ1n) is 10.2. The molecule has 0 aromatic carbocycles. The Hall–Kier alpha value is -0.973. The molecule has 0 aromatic rings. The lowest BCUT2D eigenvalue weighted by Gasteiger charge is -2.35. The molecule has 0 saturated carbocycles. The Bertz CT molecular complexity index is 456. The van der Waals surface area contributed by atoms with Crippen molar-refractivity contribution >= 4 is 14.4 Å². The molecule has 4 nitrogen and oxygen atoms in total. The Morgan fingerprint density at radius 2 is 1.50 bits per heavy atom. The minimum atomic E-state index is -1.82. The third-order valence-electron chi connectivity index (χ3n) is 4.16. The summed E-state index contributed by atoms with van der Waals surface area (Å²) >= 11 is 0. The Morgan fingerprint density at radius 1 is 1.00 bits per heavy atom. The summed E-state index contributed by atoms with van der Waals surface area (Å²) in [7, 11) is -1.82. The first-order chi connectivity index (χ1) is 11.8. The summed E-state index contributed by atoms with van der Waals surface area (Å²) in [6.07, 6.45) is 2.64. The second-order valence-corrected chi connectivity index (χ2v) is 13.5. The molecule has 154 valence electrons. The number of carbonyl (C=O) groups is 1.